The minimum Gasteiger partial charge on any atom is -0.133 e. The Balaban J connectivity index is 2.98. The first-order chi connectivity index (χ1) is 4.24. The molecule has 0 radical (unpaired) electrons. The molecule has 0 aliphatic heterocycles. The van der Waals surface area contributed by atoms with Gasteiger partial charge in [-0.1, -0.05) is 6.92 Å². The lowest BCUT2D eigenvalue weighted by Gasteiger charge is -1.79. The standard InChI is InChI=1S/C6H6BrIS/c1-2-4-3-5(7)6(8)9-4/h3H,2H2,1H3. The van der Waals surface area contributed by atoms with E-state index in [9.17, 15) is 0 Å². The molecule has 0 spiro atoms. The van der Waals surface area contributed by atoms with Gasteiger partial charge in [-0.2, -0.15) is 0 Å². The highest BCUT2D eigenvalue weighted by molar-refractivity contribution is 14.1. The second kappa shape index (κ2) is 3.34. The first-order valence-electron chi connectivity index (χ1n) is 2.67. The highest BCUT2D eigenvalue weighted by Gasteiger charge is 2.00. The molecule has 0 bridgehead atoms. The van der Waals surface area contributed by atoms with Gasteiger partial charge in [0.2, 0.25) is 0 Å². The topological polar surface area (TPSA) is 0 Å². The van der Waals surface area contributed by atoms with Gasteiger partial charge in [0.1, 0.15) is 0 Å². The fourth-order valence-electron chi connectivity index (χ4n) is 0.566. The van der Waals surface area contributed by atoms with Crippen LogP contribution in [0, 0.1) is 2.88 Å². The van der Waals surface area contributed by atoms with E-state index in [1.165, 1.54) is 12.2 Å². The molecule has 3 heteroatoms. The summed E-state index contributed by atoms with van der Waals surface area (Å²) in [6, 6.07) is 2.19. The fraction of sp³-hybridized carbons (Fsp3) is 0.333. The Morgan fingerprint density at radius 3 is 2.67 bits per heavy atom. The molecule has 0 nitrogen and oxygen atoms in total. The number of hydrogen-bond acceptors (Lipinski definition) is 1. The molecular weight excluding hydrogens is 311 g/mol. The van der Waals surface area contributed by atoms with E-state index in [1.807, 2.05) is 11.3 Å². The van der Waals surface area contributed by atoms with Crippen LogP contribution in [0.25, 0.3) is 0 Å². The van der Waals surface area contributed by atoms with Crippen LogP contribution in [0.2, 0.25) is 0 Å². The fourth-order valence-corrected chi connectivity index (χ4v) is 2.95. The smallest absolute Gasteiger partial charge is 0.0798 e. The lowest BCUT2D eigenvalue weighted by molar-refractivity contribution is 1.18. The highest BCUT2D eigenvalue weighted by atomic mass is 127. The lowest BCUT2D eigenvalue weighted by atomic mass is 10.4. The average molecular weight is 317 g/mol. The first-order valence-corrected chi connectivity index (χ1v) is 5.36. The van der Waals surface area contributed by atoms with Crippen molar-refractivity contribution in [3.8, 4) is 0 Å². The van der Waals surface area contributed by atoms with Gasteiger partial charge < -0.3 is 0 Å². The van der Waals surface area contributed by atoms with E-state index < -0.39 is 0 Å². The second-order valence-electron chi connectivity index (χ2n) is 1.69. The van der Waals surface area contributed by atoms with Crippen LogP contribution in [-0.2, 0) is 6.42 Å². The van der Waals surface area contributed by atoms with Crippen LogP contribution in [0.4, 0.5) is 0 Å². The van der Waals surface area contributed by atoms with E-state index in [2.05, 4.69) is 51.5 Å². The van der Waals surface area contributed by atoms with Crippen molar-refractivity contribution in [2.24, 2.45) is 0 Å². The minimum atomic E-state index is 1.15. The van der Waals surface area contributed by atoms with Crippen molar-refractivity contribution in [2.45, 2.75) is 13.3 Å². The molecule has 50 valence electrons. The molecule has 0 saturated carbocycles. The number of hydrogen-bond donors (Lipinski definition) is 0. The van der Waals surface area contributed by atoms with Gasteiger partial charge in [-0.15, -0.1) is 11.3 Å². The van der Waals surface area contributed by atoms with Crippen LogP contribution >= 0.6 is 49.9 Å². The summed E-state index contributed by atoms with van der Waals surface area (Å²) in [6.07, 6.45) is 1.15. The summed E-state index contributed by atoms with van der Waals surface area (Å²) in [5.74, 6) is 0. The first kappa shape index (κ1) is 8.01. The van der Waals surface area contributed by atoms with E-state index >= 15 is 0 Å². The lowest BCUT2D eigenvalue weighted by Crippen LogP contribution is -1.64. The zero-order valence-electron chi connectivity index (χ0n) is 4.95. The predicted molar refractivity (Wildman–Crippen MR) is 54.1 cm³/mol. The molecule has 0 fully saturated rings. The summed E-state index contributed by atoms with van der Waals surface area (Å²) < 4.78 is 2.59. The monoisotopic (exact) mass is 316 g/mol. The minimum absolute atomic E-state index is 1.15. The molecule has 0 aliphatic rings. The van der Waals surface area contributed by atoms with Crippen molar-refractivity contribution in [3.63, 3.8) is 0 Å². The Morgan fingerprint density at radius 2 is 2.44 bits per heavy atom. The quantitative estimate of drug-likeness (QED) is 0.693. The Labute approximate surface area is 80.9 Å². The van der Waals surface area contributed by atoms with E-state index in [4.69, 9.17) is 0 Å². The van der Waals surface area contributed by atoms with Gasteiger partial charge in [0.15, 0.2) is 0 Å². The molecule has 0 aromatic carbocycles. The third-order valence-electron chi connectivity index (χ3n) is 1.04. The van der Waals surface area contributed by atoms with E-state index in [1.54, 1.807) is 0 Å². The number of halogens is 2. The van der Waals surface area contributed by atoms with Crippen molar-refractivity contribution in [2.75, 3.05) is 0 Å². The molecule has 1 heterocycles. The number of thiophene rings is 1. The molecule has 1 aromatic rings. The maximum Gasteiger partial charge on any atom is 0.0798 e. The molecule has 1 rings (SSSR count). The Kier molecular flexibility index (Phi) is 2.98. The normalized spacial score (nSPS) is 10.1. The highest BCUT2D eigenvalue weighted by Crippen LogP contribution is 2.28. The second-order valence-corrected chi connectivity index (χ2v) is 5.49. The van der Waals surface area contributed by atoms with Crippen molar-refractivity contribution >= 4 is 49.9 Å². The molecule has 0 saturated heterocycles. The van der Waals surface area contributed by atoms with Crippen molar-refractivity contribution in [3.05, 3.63) is 18.3 Å². The molecule has 0 unspecified atom stereocenters. The molecular formula is C6H6BrIS. The van der Waals surface area contributed by atoms with Gasteiger partial charge in [-0.3, -0.25) is 0 Å². The number of aryl methyl sites for hydroxylation is 1. The summed E-state index contributed by atoms with van der Waals surface area (Å²) in [4.78, 5) is 1.45. The van der Waals surface area contributed by atoms with Crippen molar-refractivity contribution in [1.82, 2.24) is 0 Å². The van der Waals surface area contributed by atoms with Crippen molar-refractivity contribution < 1.29 is 0 Å². The van der Waals surface area contributed by atoms with Gasteiger partial charge in [0, 0.05) is 9.35 Å². The Morgan fingerprint density at radius 1 is 1.78 bits per heavy atom. The third-order valence-corrected chi connectivity index (χ3v) is 4.98. The predicted octanol–water partition coefficient (Wildman–Crippen LogP) is 3.68. The van der Waals surface area contributed by atoms with Gasteiger partial charge in [-0.25, -0.2) is 0 Å². The summed E-state index contributed by atoms with van der Waals surface area (Å²) in [7, 11) is 0. The van der Waals surface area contributed by atoms with Crippen LogP contribution in [0.3, 0.4) is 0 Å². The van der Waals surface area contributed by atoms with Gasteiger partial charge in [-0.05, 0) is 51.0 Å². The largest absolute Gasteiger partial charge is 0.133 e. The maximum absolute atomic E-state index is 3.46. The molecule has 9 heavy (non-hydrogen) atoms. The molecule has 0 N–H and O–H groups in total. The maximum atomic E-state index is 3.46. The molecule has 0 aliphatic carbocycles. The van der Waals surface area contributed by atoms with Crippen LogP contribution in [0.1, 0.15) is 11.8 Å². The Bertz CT molecular complexity index is 187. The molecule has 0 amide bonds. The van der Waals surface area contributed by atoms with E-state index in [-0.39, 0.29) is 0 Å². The summed E-state index contributed by atoms with van der Waals surface area (Å²) >= 11 is 7.65. The van der Waals surface area contributed by atoms with Crippen LogP contribution in [-0.4, -0.2) is 0 Å². The average Bonchev–Trinajstić information content (AvgIpc) is 2.13. The SMILES string of the molecule is CCc1cc(Br)c(I)s1. The Hall–Kier alpha value is 0.910. The summed E-state index contributed by atoms with van der Waals surface area (Å²) in [5.41, 5.74) is 0. The summed E-state index contributed by atoms with van der Waals surface area (Å²) in [6.45, 7) is 2.17. The molecule has 1 aromatic heterocycles. The van der Waals surface area contributed by atoms with Crippen LogP contribution in [0.15, 0.2) is 10.5 Å². The molecule has 0 atom stereocenters. The van der Waals surface area contributed by atoms with Gasteiger partial charge in [0.05, 0.1) is 2.88 Å². The number of rotatable bonds is 1. The van der Waals surface area contributed by atoms with Gasteiger partial charge in [0.25, 0.3) is 0 Å². The van der Waals surface area contributed by atoms with E-state index in [0.717, 1.165) is 6.42 Å². The van der Waals surface area contributed by atoms with Crippen LogP contribution < -0.4 is 0 Å². The summed E-state index contributed by atoms with van der Waals surface area (Å²) in [5, 5.41) is 0. The van der Waals surface area contributed by atoms with Crippen LogP contribution in [0.5, 0.6) is 0 Å². The van der Waals surface area contributed by atoms with E-state index in [0.29, 0.717) is 0 Å². The zero-order chi connectivity index (χ0) is 6.85. The third kappa shape index (κ3) is 1.91. The van der Waals surface area contributed by atoms with Crippen molar-refractivity contribution in [1.29, 1.82) is 0 Å². The zero-order valence-corrected chi connectivity index (χ0v) is 9.51. The van der Waals surface area contributed by atoms with Gasteiger partial charge >= 0.3 is 0 Å².